The first-order valence-corrected chi connectivity index (χ1v) is 22.7. The van der Waals surface area contributed by atoms with Crippen LogP contribution in [0.4, 0.5) is 0 Å². The zero-order valence-corrected chi connectivity index (χ0v) is 35.7. The molecule has 1 nitrogen and oxygen atoms in total. The van der Waals surface area contributed by atoms with Crippen molar-refractivity contribution in [3.05, 3.63) is 241 Å². The lowest BCUT2D eigenvalue weighted by atomic mass is 9.82. The fraction of sp³-hybridized carbons (Fsp3) is 0.0508. The normalized spacial score (nSPS) is 13.2. The molecule has 9 aromatic rings. The minimum absolute atomic E-state index is 0.820. The molecule has 1 unspecified atom stereocenters. The summed E-state index contributed by atoms with van der Waals surface area (Å²) in [4.78, 5) is 0. The van der Waals surface area contributed by atoms with Gasteiger partial charge in [0.2, 0.25) is 0 Å². The van der Waals surface area contributed by atoms with E-state index in [9.17, 15) is 0 Å². The molecule has 0 saturated carbocycles. The molecule has 0 fully saturated rings. The topological polar surface area (TPSA) is 17.1 Å². The zero-order chi connectivity index (χ0) is 41.9. The fourth-order valence-corrected chi connectivity index (χ4v) is 11.7. The highest BCUT2D eigenvalue weighted by atomic mass is 31.2. The second-order valence-corrected chi connectivity index (χ2v) is 18.3. The van der Waals surface area contributed by atoms with Gasteiger partial charge in [0.05, 0.1) is 0 Å². The maximum Gasteiger partial charge on any atom is 0.170 e. The molecule has 0 saturated heterocycles. The molecule has 2 heteroatoms. The molecule has 9 rings (SSSR count). The predicted molar refractivity (Wildman–Crippen MR) is 266 cm³/mol. The summed E-state index contributed by atoms with van der Waals surface area (Å²) < 4.78 is 15.2. The average molecular weight is 803 g/mol. The Morgan fingerprint density at radius 3 is 1.77 bits per heavy atom. The monoisotopic (exact) mass is 802 g/mol. The van der Waals surface area contributed by atoms with Crippen LogP contribution >= 0.6 is 7.14 Å². The molecular weight excluding hydrogens is 756 g/mol. The molecule has 0 N–H and O–H groups in total. The van der Waals surface area contributed by atoms with Gasteiger partial charge in [-0.3, -0.25) is 0 Å². The summed E-state index contributed by atoms with van der Waals surface area (Å²) in [5.74, 6) is 0. The Labute approximate surface area is 359 Å². The van der Waals surface area contributed by atoms with Gasteiger partial charge in [0.1, 0.15) is 0 Å². The summed E-state index contributed by atoms with van der Waals surface area (Å²) in [6.45, 7) is 10.6. The zero-order valence-electron chi connectivity index (χ0n) is 34.8. The molecule has 0 heterocycles. The Morgan fingerprint density at radius 1 is 0.508 bits per heavy atom. The van der Waals surface area contributed by atoms with Gasteiger partial charge < -0.3 is 4.57 Å². The quantitative estimate of drug-likeness (QED) is 0.0765. The number of hydrogen-bond acceptors (Lipinski definition) is 1. The van der Waals surface area contributed by atoms with Crippen molar-refractivity contribution in [2.24, 2.45) is 0 Å². The van der Waals surface area contributed by atoms with E-state index in [1.165, 1.54) is 60.5 Å². The first kappa shape index (κ1) is 39.4. The molecule has 0 aliphatic carbocycles. The molecule has 0 aliphatic heterocycles. The van der Waals surface area contributed by atoms with Crippen LogP contribution in [0.3, 0.4) is 0 Å². The number of rotatable bonds is 10. The SMILES string of the molecule is C=C/C(=C\c1c(C)c(-c2ccc(-c3ccccc3)cc2)c2ccccc2c1-c1ccc2ccccc2c1)c1ccc2cc(P(=O)(C(/C=C\C)=C/C)c3ccccc3)ccc2c1. The Morgan fingerprint density at radius 2 is 1.07 bits per heavy atom. The maximum atomic E-state index is 15.2. The molecule has 1 atom stereocenters. The van der Waals surface area contributed by atoms with E-state index in [1.54, 1.807) is 0 Å². The van der Waals surface area contributed by atoms with E-state index in [1.807, 2.05) is 74.5 Å². The van der Waals surface area contributed by atoms with Gasteiger partial charge >= 0.3 is 0 Å². The van der Waals surface area contributed by atoms with Gasteiger partial charge in [0.25, 0.3) is 0 Å². The Hall–Kier alpha value is -7.05. The lowest BCUT2D eigenvalue weighted by molar-refractivity contribution is 0.591. The summed E-state index contributed by atoms with van der Waals surface area (Å²) in [6.07, 6.45) is 10.2. The summed E-state index contributed by atoms with van der Waals surface area (Å²) in [6, 6.07) is 66.5. The number of hydrogen-bond donors (Lipinski definition) is 0. The van der Waals surface area contributed by atoms with Crippen LogP contribution in [0.5, 0.6) is 0 Å². The summed E-state index contributed by atoms with van der Waals surface area (Å²) in [5.41, 5.74) is 11.6. The lowest BCUT2D eigenvalue weighted by Crippen LogP contribution is -2.17. The van der Waals surface area contributed by atoms with Gasteiger partial charge in [0.15, 0.2) is 7.14 Å². The number of fused-ring (bicyclic) bond motifs is 3. The Balaban J connectivity index is 1.23. The van der Waals surface area contributed by atoms with Crippen molar-refractivity contribution in [3.63, 3.8) is 0 Å². The Bertz CT molecular complexity index is 3240. The summed E-state index contributed by atoms with van der Waals surface area (Å²) in [5, 5.41) is 9.43. The van der Waals surface area contributed by atoms with E-state index in [2.05, 4.69) is 171 Å². The van der Waals surface area contributed by atoms with E-state index >= 15 is 4.57 Å². The van der Waals surface area contributed by atoms with Gasteiger partial charge in [-0.15, -0.1) is 0 Å². The largest absolute Gasteiger partial charge is 0.309 e. The van der Waals surface area contributed by atoms with Crippen molar-refractivity contribution in [2.75, 3.05) is 0 Å². The second kappa shape index (κ2) is 16.9. The number of allylic oxidation sites excluding steroid dienone is 6. The van der Waals surface area contributed by atoms with Crippen molar-refractivity contribution >= 4 is 61.7 Å². The van der Waals surface area contributed by atoms with Crippen molar-refractivity contribution in [1.29, 1.82) is 0 Å². The highest BCUT2D eigenvalue weighted by Crippen LogP contribution is 2.53. The molecular formula is C59H47OP. The smallest absolute Gasteiger partial charge is 0.170 e. The minimum atomic E-state index is -3.12. The van der Waals surface area contributed by atoms with E-state index < -0.39 is 7.14 Å². The molecule has 0 amide bonds. The maximum absolute atomic E-state index is 15.2. The Kier molecular flexibility index (Phi) is 10.9. The third-order valence-corrected chi connectivity index (χ3v) is 15.2. The van der Waals surface area contributed by atoms with E-state index in [0.717, 1.165) is 43.4 Å². The summed E-state index contributed by atoms with van der Waals surface area (Å²) >= 11 is 0. The van der Waals surface area contributed by atoms with E-state index in [4.69, 9.17) is 0 Å². The van der Waals surface area contributed by atoms with E-state index in [0.29, 0.717) is 0 Å². The molecule has 0 aliphatic rings. The summed E-state index contributed by atoms with van der Waals surface area (Å²) in [7, 11) is -3.12. The van der Waals surface area contributed by atoms with Gasteiger partial charge in [-0.1, -0.05) is 201 Å². The third-order valence-electron chi connectivity index (χ3n) is 12.0. The second-order valence-electron chi connectivity index (χ2n) is 15.5. The molecule has 0 bridgehead atoms. The van der Waals surface area contributed by atoms with Gasteiger partial charge in [-0.25, -0.2) is 0 Å². The van der Waals surface area contributed by atoms with Crippen molar-refractivity contribution in [2.45, 2.75) is 20.8 Å². The van der Waals surface area contributed by atoms with Crippen LogP contribution in [0.1, 0.15) is 30.5 Å². The van der Waals surface area contributed by atoms with Crippen molar-refractivity contribution in [1.82, 2.24) is 0 Å². The van der Waals surface area contributed by atoms with Gasteiger partial charge in [0, 0.05) is 15.9 Å². The van der Waals surface area contributed by atoms with Crippen LogP contribution in [-0.4, -0.2) is 0 Å². The van der Waals surface area contributed by atoms with Crippen LogP contribution in [0.15, 0.2) is 224 Å². The highest BCUT2D eigenvalue weighted by molar-refractivity contribution is 7.82. The van der Waals surface area contributed by atoms with Crippen LogP contribution in [0, 0.1) is 6.92 Å². The molecule has 61 heavy (non-hydrogen) atoms. The van der Waals surface area contributed by atoms with Crippen molar-refractivity contribution < 1.29 is 4.57 Å². The van der Waals surface area contributed by atoms with Gasteiger partial charge in [-0.2, -0.15) is 0 Å². The molecule has 9 aromatic carbocycles. The van der Waals surface area contributed by atoms with Crippen LogP contribution in [0.2, 0.25) is 0 Å². The molecule has 0 radical (unpaired) electrons. The first-order valence-electron chi connectivity index (χ1n) is 21.0. The van der Waals surface area contributed by atoms with Gasteiger partial charge in [-0.05, 0) is 133 Å². The molecule has 294 valence electrons. The third kappa shape index (κ3) is 7.33. The first-order chi connectivity index (χ1) is 29.9. The van der Waals surface area contributed by atoms with Crippen LogP contribution in [-0.2, 0) is 4.57 Å². The number of benzene rings is 9. The van der Waals surface area contributed by atoms with Crippen molar-refractivity contribution in [3.8, 4) is 33.4 Å². The molecule has 0 spiro atoms. The standard InChI is InChI=1S/C59H47OP/c1-5-18-52(7-3)61(60,53-23-12-9-13-24-53)54-36-35-49-37-48(32-33-50(49)39-54)42(6-2)40-57-41(4)58(46-30-27-45(28-31-46)43-19-10-8-11-20-43)55-25-16-17-26-56(55)59(57)51-34-29-44-21-14-15-22-47(44)38-51/h5-40H,2H2,1,3-4H3/b18-5-,42-40+,52-7+. The average Bonchev–Trinajstić information content (AvgIpc) is 3.32. The highest BCUT2D eigenvalue weighted by Gasteiger charge is 2.30. The molecule has 0 aromatic heterocycles. The van der Waals surface area contributed by atoms with Crippen LogP contribution < -0.4 is 10.6 Å². The lowest BCUT2D eigenvalue weighted by Gasteiger charge is -2.22. The van der Waals surface area contributed by atoms with E-state index in [-0.39, 0.29) is 0 Å². The van der Waals surface area contributed by atoms with Crippen LogP contribution in [0.25, 0.3) is 77.3 Å². The predicted octanol–water partition coefficient (Wildman–Crippen LogP) is 16.0. The minimum Gasteiger partial charge on any atom is -0.309 e. The fourth-order valence-electron chi connectivity index (χ4n) is 8.92.